The van der Waals surface area contributed by atoms with Gasteiger partial charge in [0.25, 0.3) is 0 Å². The number of halogens is 1. The fourth-order valence-electron chi connectivity index (χ4n) is 1.87. The van der Waals surface area contributed by atoms with Crippen LogP contribution in [-0.2, 0) is 11.3 Å². The lowest BCUT2D eigenvalue weighted by Gasteiger charge is -2.09. The van der Waals surface area contributed by atoms with Crippen molar-refractivity contribution in [3.05, 3.63) is 64.1 Å². The number of anilines is 1. The summed E-state index contributed by atoms with van der Waals surface area (Å²) in [5, 5.41) is 6.03. The molecule has 0 aliphatic carbocycles. The van der Waals surface area contributed by atoms with Crippen molar-refractivity contribution in [2.24, 2.45) is 0 Å². The molecule has 0 saturated heterocycles. The van der Waals surface area contributed by atoms with Gasteiger partial charge in [0.15, 0.2) is 0 Å². The molecule has 0 heterocycles. The van der Waals surface area contributed by atoms with E-state index in [1.54, 1.807) is 0 Å². The largest absolute Gasteiger partial charge is 0.325 e. The van der Waals surface area contributed by atoms with Crippen LogP contribution in [0.2, 0.25) is 0 Å². The van der Waals surface area contributed by atoms with Gasteiger partial charge in [-0.05, 0) is 36.2 Å². The summed E-state index contributed by atoms with van der Waals surface area (Å²) in [4.78, 5) is 11.8. The standard InChI is InChI=1S/C16H17BrN2O/c1-12-5-2-3-8-15(12)19-16(20)11-18-10-13-6-4-7-14(17)9-13/h2-9,18H,10-11H2,1H3,(H,19,20). The Morgan fingerprint density at radius 2 is 1.95 bits per heavy atom. The zero-order valence-electron chi connectivity index (χ0n) is 11.3. The van der Waals surface area contributed by atoms with Crippen LogP contribution in [-0.4, -0.2) is 12.5 Å². The molecule has 2 rings (SSSR count). The third-order valence-corrected chi connectivity index (χ3v) is 3.42. The molecular weight excluding hydrogens is 316 g/mol. The topological polar surface area (TPSA) is 41.1 Å². The second-order valence-electron chi connectivity index (χ2n) is 4.60. The summed E-state index contributed by atoms with van der Waals surface area (Å²) in [6, 6.07) is 15.8. The van der Waals surface area contributed by atoms with Gasteiger partial charge in [0.05, 0.1) is 6.54 Å². The first-order valence-corrected chi connectivity index (χ1v) is 7.25. The molecule has 20 heavy (non-hydrogen) atoms. The summed E-state index contributed by atoms with van der Waals surface area (Å²) < 4.78 is 1.04. The van der Waals surface area contributed by atoms with E-state index in [2.05, 4.69) is 26.6 Å². The van der Waals surface area contributed by atoms with Crippen LogP contribution in [0.3, 0.4) is 0 Å². The van der Waals surface area contributed by atoms with Crippen LogP contribution in [0.15, 0.2) is 53.0 Å². The van der Waals surface area contributed by atoms with Gasteiger partial charge in [0.2, 0.25) is 5.91 Å². The number of hydrogen-bond donors (Lipinski definition) is 2. The highest BCUT2D eigenvalue weighted by molar-refractivity contribution is 9.10. The van der Waals surface area contributed by atoms with Crippen molar-refractivity contribution in [1.82, 2.24) is 5.32 Å². The van der Waals surface area contributed by atoms with Gasteiger partial charge in [-0.3, -0.25) is 4.79 Å². The van der Waals surface area contributed by atoms with E-state index in [9.17, 15) is 4.79 Å². The van der Waals surface area contributed by atoms with Crippen LogP contribution in [0.25, 0.3) is 0 Å². The zero-order valence-corrected chi connectivity index (χ0v) is 12.9. The first-order chi connectivity index (χ1) is 9.65. The van der Waals surface area contributed by atoms with Gasteiger partial charge in [-0.15, -0.1) is 0 Å². The Hall–Kier alpha value is -1.65. The molecule has 0 aromatic heterocycles. The molecule has 1 amide bonds. The molecule has 4 heteroatoms. The highest BCUT2D eigenvalue weighted by Crippen LogP contribution is 2.13. The number of carbonyl (C=O) groups is 1. The highest BCUT2D eigenvalue weighted by atomic mass is 79.9. The molecule has 0 unspecified atom stereocenters. The van der Waals surface area contributed by atoms with E-state index in [0.717, 1.165) is 21.3 Å². The third kappa shape index (κ3) is 4.47. The summed E-state index contributed by atoms with van der Waals surface area (Å²) in [5.74, 6) is -0.0331. The first-order valence-electron chi connectivity index (χ1n) is 6.46. The van der Waals surface area contributed by atoms with Crippen molar-refractivity contribution in [3.63, 3.8) is 0 Å². The molecule has 3 nitrogen and oxygen atoms in total. The maximum Gasteiger partial charge on any atom is 0.238 e. The Labute approximate surface area is 127 Å². The quantitative estimate of drug-likeness (QED) is 0.879. The fraction of sp³-hybridized carbons (Fsp3) is 0.188. The van der Waals surface area contributed by atoms with E-state index in [-0.39, 0.29) is 5.91 Å². The summed E-state index contributed by atoms with van der Waals surface area (Å²) in [7, 11) is 0. The molecule has 2 aromatic carbocycles. The van der Waals surface area contributed by atoms with Crippen molar-refractivity contribution in [3.8, 4) is 0 Å². The number of para-hydroxylation sites is 1. The number of nitrogens with one attached hydrogen (secondary N) is 2. The lowest BCUT2D eigenvalue weighted by atomic mass is 10.2. The predicted molar refractivity (Wildman–Crippen MR) is 85.7 cm³/mol. The lowest BCUT2D eigenvalue weighted by molar-refractivity contribution is -0.115. The Morgan fingerprint density at radius 1 is 1.15 bits per heavy atom. The predicted octanol–water partition coefficient (Wildman–Crippen LogP) is 3.49. The van der Waals surface area contributed by atoms with Gasteiger partial charge in [0.1, 0.15) is 0 Å². The number of amides is 1. The van der Waals surface area contributed by atoms with E-state index < -0.39 is 0 Å². The summed E-state index contributed by atoms with van der Waals surface area (Å²) in [6.07, 6.45) is 0. The van der Waals surface area contributed by atoms with Crippen LogP contribution in [0.5, 0.6) is 0 Å². The average molecular weight is 333 g/mol. The van der Waals surface area contributed by atoms with E-state index in [1.165, 1.54) is 0 Å². The van der Waals surface area contributed by atoms with Gasteiger partial charge in [-0.2, -0.15) is 0 Å². The molecule has 0 radical (unpaired) electrons. The molecule has 2 N–H and O–H groups in total. The Morgan fingerprint density at radius 3 is 2.70 bits per heavy atom. The molecule has 2 aromatic rings. The van der Waals surface area contributed by atoms with Crippen LogP contribution in [0.1, 0.15) is 11.1 Å². The van der Waals surface area contributed by atoms with Crippen molar-refractivity contribution in [2.45, 2.75) is 13.5 Å². The Bertz CT molecular complexity index is 599. The SMILES string of the molecule is Cc1ccccc1NC(=O)CNCc1cccc(Br)c1. The van der Waals surface area contributed by atoms with Gasteiger partial charge in [-0.1, -0.05) is 46.3 Å². The van der Waals surface area contributed by atoms with E-state index in [4.69, 9.17) is 0 Å². The maximum absolute atomic E-state index is 11.8. The number of rotatable bonds is 5. The minimum Gasteiger partial charge on any atom is -0.325 e. The first kappa shape index (κ1) is 14.8. The van der Waals surface area contributed by atoms with E-state index in [1.807, 2.05) is 55.5 Å². The Kier molecular flexibility index (Phi) is 5.32. The van der Waals surface area contributed by atoms with Gasteiger partial charge in [0, 0.05) is 16.7 Å². The summed E-state index contributed by atoms with van der Waals surface area (Å²) in [5.41, 5.74) is 3.07. The minimum atomic E-state index is -0.0331. The van der Waals surface area contributed by atoms with Crippen LogP contribution in [0, 0.1) is 6.92 Å². The molecule has 104 valence electrons. The molecule has 0 spiro atoms. The van der Waals surface area contributed by atoms with Crippen LogP contribution in [0.4, 0.5) is 5.69 Å². The molecule has 0 atom stereocenters. The van der Waals surface area contributed by atoms with Gasteiger partial charge < -0.3 is 10.6 Å². The molecular formula is C16H17BrN2O. The average Bonchev–Trinajstić information content (AvgIpc) is 2.41. The maximum atomic E-state index is 11.8. The van der Waals surface area contributed by atoms with Gasteiger partial charge >= 0.3 is 0 Å². The zero-order chi connectivity index (χ0) is 14.4. The van der Waals surface area contributed by atoms with E-state index >= 15 is 0 Å². The normalized spacial score (nSPS) is 10.3. The molecule has 0 saturated carbocycles. The van der Waals surface area contributed by atoms with Crippen LogP contribution < -0.4 is 10.6 Å². The highest BCUT2D eigenvalue weighted by Gasteiger charge is 2.03. The van der Waals surface area contributed by atoms with Crippen molar-refractivity contribution < 1.29 is 4.79 Å². The number of benzene rings is 2. The Balaban J connectivity index is 1.80. The fourth-order valence-corrected chi connectivity index (χ4v) is 2.32. The monoisotopic (exact) mass is 332 g/mol. The molecule has 0 bridgehead atoms. The number of hydrogen-bond acceptors (Lipinski definition) is 2. The second-order valence-corrected chi connectivity index (χ2v) is 5.51. The molecule has 0 aliphatic rings. The third-order valence-electron chi connectivity index (χ3n) is 2.92. The van der Waals surface area contributed by atoms with Crippen molar-refractivity contribution in [2.75, 3.05) is 11.9 Å². The summed E-state index contributed by atoms with van der Waals surface area (Å²) >= 11 is 3.43. The van der Waals surface area contributed by atoms with Crippen molar-refractivity contribution in [1.29, 1.82) is 0 Å². The van der Waals surface area contributed by atoms with E-state index in [0.29, 0.717) is 13.1 Å². The number of aryl methyl sites for hydroxylation is 1. The van der Waals surface area contributed by atoms with Crippen LogP contribution >= 0.6 is 15.9 Å². The lowest BCUT2D eigenvalue weighted by Crippen LogP contribution is -2.27. The van der Waals surface area contributed by atoms with Gasteiger partial charge in [-0.25, -0.2) is 0 Å². The van der Waals surface area contributed by atoms with Crippen molar-refractivity contribution >= 4 is 27.5 Å². The second kappa shape index (κ2) is 7.22. The number of carbonyl (C=O) groups excluding carboxylic acids is 1. The molecule has 0 fully saturated rings. The minimum absolute atomic E-state index is 0.0331. The molecule has 0 aliphatic heterocycles. The summed E-state index contributed by atoms with van der Waals surface area (Å²) in [6.45, 7) is 2.94. The smallest absolute Gasteiger partial charge is 0.238 e.